The summed E-state index contributed by atoms with van der Waals surface area (Å²) in [6.45, 7) is 5.36. The van der Waals surface area contributed by atoms with Gasteiger partial charge in [-0.1, -0.05) is 0 Å². The average molecular weight is 136 g/mol. The van der Waals surface area contributed by atoms with E-state index < -0.39 is 6.62 Å². The van der Waals surface area contributed by atoms with Gasteiger partial charge in [-0.2, -0.15) is 0 Å². The zero-order valence-electron chi connectivity index (χ0n) is 4.83. The van der Waals surface area contributed by atoms with Gasteiger partial charge in [-0.3, -0.25) is 0 Å². The molecule has 1 rings (SSSR count). The Morgan fingerprint density at radius 3 is 1.43 bits per heavy atom. The highest BCUT2D eigenvalue weighted by Crippen LogP contribution is 2.87. The maximum Gasteiger partial charge on any atom is 0.173 e. The standard InChI is InChI=1S/C5H9ClP/c1-4-5(2)7(4,3)6/h1-3H3/q+1. The number of hydrogen-bond acceptors (Lipinski definition) is 0. The van der Waals surface area contributed by atoms with Crippen LogP contribution in [0, 0.1) is 0 Å². The van der Waals surface area contributed by atoms with Gasteiger partial charge in [-0.05, 0) is 13.8 Å². The van der Waals surface area contributed by atoms with Crippen LogP contribution in [0.1, 0.15) is 13.8 Å². The van der Waals surface area contributed by atoms with Crippen molar-refractivity contribution < 1.29 is 0 Å². The molecule has 1 aliphatic heterocycles. The largest absolute Gasteiger partial charge is 0.173 e. The van der Waals surface area contributed by atoms with E-state index in [9.17, 15) is 0 Å². The van der Waals surface area contributed by atoms with Crippen molar-refractivity contribution in [2.75, 3.05) is 6.66 Å². The van der Waals surface area contributed by atoms with Crippen LogP contribution in [-0.4, -0.2) is 6.66 Å². The Labute approximate surface area is 49.7 Å². The van der Waals surface area contributed by atoms with Crippen LogP contribution in [0.4, 0.5) is 0 Å². The SMILES string of the molecule is CC1=C(C)[P+]1(C)Cl. The minimum Gasteiger partial charge on any atom is -0.00113 e. The first-order valence-corrected chi connectivity index (χ1v) is 5.45. The molecule has 0 saturated heterocycles. The molecule has 0 aliphatic carbocycles. The Morgan fingerprint density at radius 2 is 1.43 bits per heavy atom. The average Bonchev–Trinajstić information content (AvgIpc) is 1.91. The first-order valence-electron chi connectivity index (χ1n) is 2.31. The third kappa shape index (κ3) is 0.615. The van der Waals surface area contributed by atoms with Crippen LogP contribution in [0.25, 0.3) is 0 Å². The van der Waals surface area contributed by atoms with Gasteiger partial charge in [0, 0.05) is 0 Å². The molecule has 0 aromatic carbocycles. The van der Waals surface area contributed by atoms with Gasteiger partial charge in [0.1, 0.15) is 10.6 Å². The number of rotatable bonds is 0. The van der Waals surface area contributed by atoms with Crippen LogP contribution in [0.15, 0.2) is 10.6 Å². The van der Waals surface area contributed by atoms with Gasteiger partial charge in [-0.15, -0.1) is 0 Å². The zero-order valence-corrected chi connectivity index (χ0v) is 6.48. The summed E-state index contributed by atoms with van der Waals surface area (Å²) in [6, 6.07) is 0. The second-order valence-electron chi connectivity index (χ2n) is 2.07. The van der Waals surface area contributed by atoms with Gasteiger partial charge in [-0.25, -0.2) is 0 Å². The summed E-state index contributed by atoms with van der Waals surface area (Å²) in [4.78, 5) is 0. The molecule has 0 saturated carbocycles. The Hall–Kier alpha value is 0.460. The Kier molecular flexibility index (Phi) is 0.991. The van der Waals surface area contributed by atoms with E-state index in [1.807, 2.05) is 0 Å². The van der Waals surface area contributed by atoms with Crippen LogP contribution in [0.2, 0.25) is 0 Å². The molecule has 0 radical (unpaired) electrons. The quantitative estimate of drug-likeness (QED) is 0.448. The molecule has 0 aromatic heterocycles. The highest BCUT2D eigenvalue weighted by Gasteiger charge is 2.53. The van der Waals surface area contributed by atoms with E-state index in [2.05, 4.69) is 20.5 Å². The molecular weight excluding hydrogens is 126 g/mol. The Morgan fingerprint density at radius 1 is 1.29 bits per heavy atom. The van der Waals surface area contributed by atoms with Crippen molar-refractivity contribution in [1.82, 2.24) is 0 Å². The lowest BCUT2D eigenvalue weighted by Crippen LogP contribution is -1.50. The number of allylic oxidation sites excluding steroid dienone is 2. The van der Waals surface area contributed by atoms with Gasteiger partial charge < -0.3 is 0 Å². The van der Waals surface area contributed by atoms with Crippen LogP contribution < -0.4 is 0 Å². The topological polar surface area (TPSA) is 0 Å². The first-order chi connectivity index (χ1) is 3.07. The van der Waals surface area contributed by atoms with Crippen molar-refractivity contribution in [1.29, 1.82) is 0 Å². The van der Waals surface area contributed by atoms with Crippen molar-refractivity contribution >= 4 is 17.9 Å². The summed E-state index contributed by atoms with van der Waals surface area (Å²) in [6.07, 6.45) is 0. The maximum absolute atomic E-state index is 5.98. The molecule has 0 spiro atoms. The van der Waals surface area contributed by atoms with Crippen LogP contribution >= 0.6 is 17.9 Å². The van der Waals surface area contributed by atoms with Gasteiger partial charge in [0.15, 0.2) is 6.62 Å². The summed E-state index contributed by atoms with van der Waals surface area (Å²) in [5.41, 5.74) is 0. The fourth-order valence-corrected chi connectivity index (χ4v) is 3.06. The highest BCUT2D eigenvalue weighted by molar-refractivity contribution is 8.10. The number of halogens is 1. The summed E-state index contributed by atoms with van der Waals surface area (Å²) in [5, 5.41) is 2.91. The predicted molar refractivity (Wildman–Crippen MR) is 37.1 cm³/mol. The minimum atomic E-state index is -1.02. The lowest BCUT2D eigenvalue weighted by atomic mass is 10.6. The van der Waals surface area contributed by atoms with Crippen LogP contribution in [0.5, 0.6) is 0 Å². The maximum atomic E-state index is 5.98. The summed E-state index contributed by atoms with van der Waals surface area (Å²) >= 11 is 5.98. The Balaban J connectivity index is 2.69. The Bertz CT molecular complexity index is 121. The normalized spacial score (nSPS) is 25.7. The van der Waals surface area contributed by atoms with E-state index in [1.165, 1.54) is 10.6 Å². The third-order valence-corrected chi connectivity index (χ3v) is 6.22. The van der Waals surface area contributed by atoms with Gasteiger partial charge in [0.05, 0.1) is 17.9 Å². The van der Waals surface area contributed by atoms with E-state index in [-0.39, 0.29) is 0 Å². The first kappa shape index (κ1) is 5.59. The predicted octanol–water partition coefficient (Wildman–Crippen LogP) is 3.05. The molecule has 0 amide bonds. The van der Waals surface area contributed by atoms with Crippen molar-refractivity contribution in [2.45, 2.75) is 13.8 Å². The zero-order chi connectivity index (χ0) is 5.65. The minimum absolute atomic E-state index is 1.02. The molecule has 40 valence electrons. The van der Waals surface area contributed by atoms with E-state index >= 15 is 0 Å². The van der Waals surface area contributed by atoms with Crippen molar-refractivity contribution in [2.24, 2.45) is 0 Å². The molecule has 7 heavy (non-hydrogen) atoms. The van der Waals surface area contributed by atoms with Gasteiger partial charge in [0.25, 0.3) is 0 Å². The smallest absolute Gasteiger partial charge is 0.00113 e. The molecule has 0 fully saturated rings. The molecule has 2 heteroatoms. The second kappa shape index (κ2) is 1.24. The van der Waals surface area contributed by atoms with Crippen molar-refractivity contribution in [3.05, 3.63) is 10.6 Å². The molecule has 0 atom stereocenters. The molecule has 1 heterocycles. The lowest BCUT2D eigenvalue weighted by Gasteiger charge is -1.82. The fraction of sp³-hybridized carbons (Fsp3) is 0.600. The molecule has 0 N–H and O–H groups in total. The summed E-state index contributed by atoms with van der Waals surface area (Å²) in [7, 11) is 0. The monoisotopic (exact) mass is 135 g/mol. The lowest BCUT2D eigenvalue weighted by molar-refractivity contribution is 1.64. The molecule has 0 nitrogen and oxygen atoms in total. The second-order valence-corrected chi connectivity index (χ2v) is 7.23. The van der Waals surface area contributed by atoms with Gasteiger partial charge in [0.2, 0.25) is 0 Å². The molecule has 1 aliphatic rings. The van der Waals surface area contributed by atoms with E-state index in [0.29, 0.717) is 0 Å². The van der Waals surface area contributed by atoms with Crippen LogP contribution in [0.3, 0.4) is 0 Å². The summed E-state index contributed by atoms with van der Waals surface area (Å²) in [5.74, 6) is 0. The van der Waals surface area contributed by atoms with E-state index in [0.717, 1.165) is 0 Å². The highest BCUT2D eigenvalue weighted by atomic mass is 35.7. The summed E-state index contributed by atoms with van der Waals surface area (Å²) < 4.78 is 0. The number of hydrogen-bond donors (Lipinski definition) is 0. The molecule has 0 unspecified atom stereocenters. The molecule has 0 aromatic rings. The fourth-order valence-electron chi connectivity index (χ4n) is 0.601. The van der Waals surface area contributed by atoms with Gasteiger partial charge >= 0.3 is 0 Å². The van der Waals surface area contributed by atoms with Crippen molar-refractivity contribution in [3.8, 4) is 0 Å². The van der Waals surface area contributed by atoms with E-state index in [1.54, 1.807) is 0 Å². The van der Waals surface area contributed by atoms with Crippen molar-refractivity contribution in [3.63, 3.8) is 0 Å². The molecular formula is C5H9ClP+. The molecule has 0 bridgehead atoms. The third-order valence-electron chi connectivity index (χ3n) is 1.73. The van der Waals surface area contributed by atoms with E-state index in [4.69, 9.17) is 11.2 Å². The van der Waals surface area contributed by atoms with Crippen LogP contribution in [-0.2, 0) is 0 Å².